The summed E-state index contributed by atoms with van der Waals surface area (Å²) in [5.74, 6) is 0.841. The molecule has 5 nitrogen and oxygen atoms in total. The van der Waals surface area contributed by atoms with Crippen LogP contribution in [0.5, 0.6) is 0 Å². The zero-order chi connectivity index (χ0) is 14.7. The third-order valence-corrected chi connectivity index (χ3v) is 4.60. The van der Waals surface area contributed by atoms with Gasteiger partial charge in [0.05, 0.1) is 0 Å². The fourth-order valence-electron chi connectivity index (χ4n) is 3.10. The highest BCUT2D eigenvalue weighted by Crippen LogP contribution is 2.20. The smallest absolute Gasteiger partial charge is 0.225 e. The summed E-state index contributed by atoms with van der Waals surface area (Å²) in [5, 5.41) is 3.49. The highest BCUT2D eigenvalue weighted by molar-refractivity contribution is 5.29. The summed E-state index contributed by atoms with van der Waals surface area (Å²) < 4.78 is 0. The summed E-state index contributed by atoms with van der Waals surface area (Å²) >= 11 is 0. The van der Waals surface area contributed by atoms with Crippen molar-refractivity contribution >= 4 is 5.95 Å². The summed E-state index contributed by atoms with van der Waals surface area (Å²) in [4.78, 5) is 13.8. The van der Waals surface area contributed by atoms with E-state index in [2.05, 4.69) is 39.1 Å². The molecule has 2 heterocycles. The first-order valence-electron chi connectivity index (χ1n) is 8.25. The molecule has 2 fully saturated rings. The van der Waals surface area contributed by atoms with Gasteiger partial charge >= 0.3 is 0 Å². The van der Waals surface area contributed by atoms with Crippen LogP contribution in [-0.2, 0) is 6.54 Å². The van der Waals surface area contributed by atoms with E-state index in [9.17, 15) is 0 Å². The van der Waals surface area contributed by atoms with E-state index >= 15 is 0 Å². The lowest BCUT2D eigenvalue weighted by Gasteiger charge is -2.27. The van der Waals surface area contributed by atoms with Crippen LogP contribution in [0.2, 0.25) is 0 Å². The van der Waals surface area contributed by atoms with Gasteiger partial charge in [-0.25, -0.2) is 9.97 Å². The Morgan fingerprint density at radius 2 is 2.05 bits per heavy atom. The summed E-state index contributed by atoms with van der Waals surface area (Å²) in [6.07, 6.45) is 9.16. The van der Waals surface area contributed by atoms with Gasteiger partial charge in [-0.2, -0.15) is 0 Å². The fraction of sp³-hybridized carbons (Fsp3) is 0.750. The van der Waals surface area contributed by atoms with Crippen LogP contribution in [0.3, 0.4) is 0 Å². The number of hydrogen-bond donors (Lipinski definition) is 1. The van der Waals surface area contributed by atoms with Gasteiger partial charge in [0.2, 0.25) is 5.95 Å². The van der Waals surface area contributed by atoms with Crippen LogP contribution in [0.4, 0.5) is 5.95 Å². The number of aromatic nitrogens is 2. The molecule has 1 N–H and O–H groups in total. The molecule has 0 aromatic carbocycles. The highest BCUT2D eigenvalue weighted by Gasteiger charge is 2.24. The zero-order valence-electron chi connectivity index (χ0n) is 13.3. The first-order valence-corrected chi connectivity index (χ1v) is 8.25. The second-order valence-corrected chi connectivity index (χ2v) is 6.35. The van der Waals surface area contributed by atoms with Gasteiger partial charge < -0.3 is 10.2 Å². The topological polar surface area (TPSA) is 44.3 Å². The van der Waals surface area contributed by atoms with Crippen molar-refractivity contribution in [3.63, 3.8) is 0 Å². The van der Waals surface area contributed by atoms with Crippen molar-refractivity contribution < 1.29 is 0 Å². The van der Waals surface area contributed by atoms with E-state index < -0.39 is 0 Å². The predicted molar refractivity (Wildman–Crippen MR) is 85.4 cm³/mol. The number of nitrogens with zero attached hydrogens (tertiary/aromatic N) is 4. The summed E-state index contributed by atoms with van der Waals surface area (Å²) in [5.41, 5.74) is 1.18. The molecule has 0 spiro atoms. The maximum absolute atomic E-state index is 4.53. The highest BCUT2D eigenvalue weighted by atomic mass is 15.3. The van der Waals surface area contributed by atoms with Crippen LogP contribution in [0.1, 0.15) is 38.2 Å². The summed E-state index contributed by atoms with van der Waals surface area (Å²) in [7, 11) is 2.10. The van der Waals surface area contributed by atoms with Crippen LogP contribution in [0.25, 0.3) is 0 Å². The molecule has 5 heteroatoms. The molecule has 1 saturated heterocycles. The first-order chi connectivity index (χ1) is 10.3. The predicted octanol–water partition coefficient (Wildman–Crippen LogP) is 1.65. The summed E-state index contributed by atoms with van der Waals surface area (Å²) in [6, 6.07) is 1.38. The van der Waals surface area contributed by atoms with Crippen LogP contribution < -0.4 is 10.2 Å². The molecule has 1 aliphatic heterocycles. The monoisotopic (exact) mass is 289 g/mol. The molecule has 1 aromatic heterocycles. The fourth-order valence-corrected chi connectivity index (χ4v) is 3.10. The Labute approximate surface area is 127 Å². The molecule has 3 rings (SSSR count). The Balaban J connectivity index is 1.52. The van der Waals surface area contributed by atoms with Crippen molar-refractivity contribution in [2.24, 2.45) is 0 Å². The zero-order valence-corrected chi connectivity index (χ0v) is 13.3. The van der Waals surface area contributed by atoms with E-state index in [0.717, 1.165) is 31.6 Å². The van der Waals surface area contributed by atoms with E-state index in [1.807, 2.05) is 12.4 Å². The molecule has 0 radical (unpaired) electrons. The van der Waals surface area contributed by atoms with E-state index in [-0.39, 0.29) is 0 Å². The Bertz CT molecular complexity index is 442. The van der Waals surface area contributed by atoms with Gasteiger partial charge in [-0.05, 0) is 38.8 Å². The molecule has 0 bridgehead atoms. The number of nitrogens with one attached hydrogen (secondary N) is 1. The third-order valence-electron chi connectivity index (χ3n) is 4.60. The lowest BCUT2D eigenvalue weighted by atomic mass is 10.2. The SMILES string of the molecule is CCN1CCCC1CN(C)c1ncc(CNC2CC2)cn1. The van der Waals surface area contributed by atoms with Crippen LogP contribution in [0, 0.1) is 0 Å². The van der Waals surface area contributed by atoms with Gasteiger partial charge in [-0.3, -0.25) is 4.90 Å². The number of likely N-dealkylation sites (N-methyl/N-ethyl adjacent to an activating group) is 2. The Morgan fingerprint density at radius 3 is 2.71 bits per heavy atom. The van der Waals surface area contributed by atoms with Crippen molar-refractivity contribution in [2.75, 3.05) is 31.6 Å². The van der Waals surface area contributed by atoms with Gasteiger partial charge in [0.25, 0.3) is 0 Å². The van der Waals surface area contributed by atoms with Crippen molar-refractivity contribution in [3.8, 4) is 0 Å². The maximum atomic E-state index is 4.53. The molecule has 1 saturated carbocycles. The van der Waals surface area contributed by atoms with Crippen molar-refractivity contribution in [1.82, 2.24) is 20.2 Å². The number of hydrogen-bond acceptors (Lipinski definition) is 5. The molecular weight excluding hydrogens is 262 g/mol. The maximum Gasteiger partial charge on any atom is 0.225 e. The first kappa shape index (κ1) is 14.7. The van der Waals surface area contributed by atoms with Crippen molar-refractivity contribution in [1.29, 1.82) is 0 Å². The molecule has 116 valence electrons. The molecule has 21 heavy (non-hydrogen) atoms. The molecule has 2 aliphatic rings. The molecular formula is C16H27N5. The minimum atomic E-state index is 0.653. The van der Waals surface area contributed by atoms with E-state index in [1.165, 1.54) is 37.8 Å². The minimum absolute atomic E-state index is 0.653. The number of anilines is 1. The average molecular weight is 289 g/mol. The number of likely N-dealkylation sites (tertiary alicyclic amines) is 1. The molecule has 0 amide bonds. The lowest BCUT2D eigenvalue weighted by Crippen LogP contribution is -2.39. The largest absolute Gasteiger partial charge is 0.342 e. The third kappa shape index (κ3) is 3.92. The molecule has 1 aromatic rings. The second-order valence-electron chi connectivity index (χ2n) is 6.35. The normalized spacial score (nSPS) is 22.7. The summed E-state index contributed by atoms with van der Waals surface area (Å²) in [6.45, 7) is 6.54. The van der Waals surface area contributed by atoms with Crippen LogP contribution in [-0.4, -0.2) is 53.6 Å². The van der Waals surface area contributed by atoms with Gasteiger partial charge in [-0.1, -0.05) is 6.92 Å². The minimum Gasteiger partial charge on any atom is -0.342 e. The quantitative estimate of drug-likeness (QED) is 0.827. The van der Waals surface area contributed by atoms with Crippen molar-refractivity contribution in [3.05, 3.63) is 18.0 Å². The average Bonchev–Trinajstić information content (AvgIpc) is 3.24. The molecule has 1 unspecified atom stereocenters. The van der Waals surface area contributed by atoms with Gasteiger partial charge in [-0.15, -0.1) is 0 Å². The Morgan fingerprint density at radius 1 is 1.29 bits per heavy atom. The van der Waals surface area contributed by atoms with Crippen LogP contribution >= 0.6 is 0 Å². The second kappa shape index (κ2) is 6.71. The number of rotatable bonds is 7. The van der Waals surface area contributed by atoms with E-state index in [4.69, 9.17) is 0 Å². The standard InChI is InChI=1S/C16H27N5/c1-3-21-8-4-5-15(21)12-20(2)16-18-10-13(11-19-16)9-17-14-6-7-14/h10-11,14-15,17H,3-9,12H2,1-2H3. The Hall–Kier alpha value is -1.20. The lowest BCUT2D eigenvalue weighted by molar-refractivity contribution is 0.270. The Kier molecular flexibility index (Phi) is 4.70. The van der Waals surface area contributed by atoms with E-state index in [1.54, 1.807) is 0 Å². The van der Waals surface area contributed by atoms with Gasteiger partial charge in [0.1, 0.15) is 0 Å². The van der Waals surface area contributed by atoms with Crippen molar-refractivity contribution in [2.45, 2.75) is 51.2 Å². The van der Waals surface area contributed by atoms with Gasteiger partial charge in [0.15, 0.2) is 0 Å². The van der Waals surface area contributed by atoms with Gasteiger partial charge in [0, 0.05) is 50.2 Å². The molecule has 1 atom stereocenters. The molecule has 1 aliphatic carbocycles. The van der Waals surface area contributed by atoms with Crippen LogP contribution in [0.15, 0.2) is 12.4 Å². The van der Waals surface area contributed by atoms with E-state index in [0.29, 0.717) is 6.04 Å².